The SMILES string of the molecule is Cl.O=S(=O)(O)c1ccc2ccccc2c1-c1cccc2ccccc12. The molecular weight excluding hydrogens is 356 g/mol. The Labute approximate surface area is 152 Å². The summed E-state index contributed by atoms with van der Waals surface area (Å²) in [6, 6.07) is 24.3. The second-order valence-electron chi connectivity index (χ2n) is 5.66. The molecule has 0 aliphatic heterocycles. The number of hydrogen-bond donors (Lipinski definition) is 1. The van der Waals surface area contributed by atoms with Crippen LogP contribution in [0.2, 0.25) is 0 Å². The number of hydrogen-bond acceptors (Lipinski definition) is 2. The Hall–Kier alpha value is -2.40. The standard InChI is InChI=1S/C20H14O3S.ClH/c21-24(22,23)19-13-12-15-7-2-4-10-17(15)20(19)18-11-5-8-14-6-1-3-9-16(14)18;/h1-13H,(H,21,22,23);1H. The molecular formula is C20H15ClO3S. The second kappa shape index (κ2) is 6.48. The van der Waals surface area contributed by atoms with Gasteiger partial charge in [-0.3, -0.25) is 4.55 Å². The molecule has 0 unspecified atom stereocenters. The molecule has 4 rings (SSSR count). The normalized spacial score (nSPS) is 11.4. The Bertz CT molecular complexity index is 1180. The van der Waals surface area contributed by atoms with Gasteiger partial charge in [0, 0.05) is 5.56 Å². The summed E-state index contributed by atoms with van der Waals surface area (Å²) in [7, 11) is -4.34. The van der Waals surface area contributed by atoms with E-state index in [2.05, 4.69) is 0 Å². The largest absolute Gasteiger partial charge is 0.295 e. The summed E-state index contributed by atoms with van der Waals surface area (Å²) in [4.78, 5) is -0.0717. The third-order valence-electron chi connectivity index (χ3n) is 4.23. The monoisotopic (exact) mass is 370 g/mol. The number of benzene rings is 4. The molecule has 0 radical (unpaired) electrons. The van der Waals surface area contributed by atoms with E-state index in [1.807, 2.05) is 66.7 Å². The number of rotatable bonds is 2. The van der Waals surface area contributed by atoms with Crippen LogP contribution in [0.3, 0.4) is 0 Å². The minimum absolute atomic E-state index is 0. The Morgan fingerprint density at radius 3 is 1.88 bits per heavy atom. The molecule has 0 bridgehead atoms. The van der Waals surface area contributed by atoms with Gasteiger partial charge in [0.1, 0.15) is 4.90 Å². The first-order chi connectivity index (χ1) is 11.6. The van der Waals surface area contributed by atoms with Crippen LogP contribution in [-0.2, 0) is 10.1 Å². The van der Waals surface area contributed by atoms with E-state index >= 15 is 0 Å². The zero-order valence-electron chi connectivity index (χ0n) is 13.1. The van der Waals surface area contributed by atoms with E-state index in [4.69, 9.17) is 0 Å². The van der Waals surface area contributed by atoms with Gasteiger partial charge in [0.2, 0.25) is 0 Å². The van der Waals surface area contributed by atoms with Crippen molar-refractivity contribution in [1.29, 1.82) is 0 Å². The summed E-state index contributed by atoms with van der Waals surface area (Å²) in [6.07, 6.45) is 0. The minimum atomic E-state index is -4.34. The topological polar surface area (TPSA) is 54.4 Å². The highest BCUT2D eigenvalue weighted by Gasteiger charge is 2.20. The van der Waals surface area contributed by atoms with Gasteiger partial charge in [0.25, 0.3) is 10.1 Å². The highest BCUT2D eigenvalue weighted by atomic mass is 35.5. The molecule has 4 aromatic rings. The molecule has 5 heteroatoms. The van der Waals surface area contributed by atoms with Crippen molar-refractivity contribution >= 4 is 44.1 Å². The van der Waals surface area contributed by atoms with Crippen LogP contribution in [0.1, 0.15) is 0 Å². The summed E-state index contributed by atoms with van der Waals surface area (Å²) in [5.74, 6) is 0. The van der Waals surface area contributed by atoms with E-state index in [1.165, 1.54) is 6.07 Å². The lowest BCUT2D eigenvalue weighted by molar-refractivity contribution is 0.483. The molecule has 0 amide bonds. The van der Waals surface area contributed by atoms with Gasteiger partial charge in [-0.15, -0.1) is 12.4 Å². The fourth-order valence-electron chi connectivity index (χ4n) is 3.19. The van der Waals surface area contributed by atoms with Crippen molar-refractivity contribution in [1.82, 2.24) is 0 Å². The molecule has 0 spiro atoms. The van der Waals surface area contributed by atoms with Gasteiger partial charge in [0.15, 0.2) is 0 Å². The summed E-state index contributed by atoms with van der Waals surface area (Å²) < 4.78 is 33.7. The molecule has 25 heavy (non-hydrogen) atoms. The molecule has 0 fully saturated rings. The smallest absolute Gasteiger partial charge is 0.282 e. The fraction of sp³-hybridized carbons (Fsp3) is 0. The van der Waals surface area contributed by atoms with Crippen molar-refractivity contribution in [3.63, 3.8) is 0 Å². The summed E-state index contributed by atoms with van der Waals surface area (Å²) >= 11 is 0. The molecule has 0 saturated heterocycles. The molecule has 0 saturated carbocycles. The van der Waals surface area contributed by atoms with E-state index < -0.39 is 10.1 Å². The van der Waals surface area contributed by atoms with Crippen LogP contribution in [0.15, 0.2) is 83.8 Å². The first kappa shape index (κ1) is 17.4. The number of halogens is 1. The van der Waals surface area contributed by atoms with E-state index in [1.54, 1.807) is 6.07 Å². The van der Waals surface area contributed by atoms with Gasteiger partial charge < -0.3 is 0 Å². The first-order valence-corrected chi connectivity index (χ1v) is 8.97. The van der Waals surface area contributed by atoms with Gasteiger partial charge in [0.05, 0.1) is 0 Å². The van der Waals surface area contributed by atoms with E-state index in [9.17, 15) is 13.0 Å². The van der Waals surface area contributed by atoms with E-state index in [0.29, 0.717) is 5.56 Å². The van der Waals surface area contributed by atoms with Crippen molar-refractivity contribution < 1.29 is 13.0 Å². The summed E-state index contributed by atoms with van der Waals surface area (Å²) in [5, 5.41) is 3.68. The van der Waals surface area contributed by atoms with Crippen molar-refractivity contribution in [3.05, 3.63) is 78.9 Å². The van der Waals surface area contributed by atoms with Crippen LogP contribution in [0.4, 0.5) is 0 Å². The zero-order valence-corrected chi connectivity index (χ0v) is 14.7. The molecule has 0 aromatic heterocycles. The third-order valence-corrected chi connectivity index (χ3v) is 5.12. The molecule has 0 heterocycles. The maximum absolute atomic E-state index is 12.0. The first-order valence-electron chi connectivity index (χ1n) is 7.53. The van der Waals surface area contributed by atoms with Crippen molar-refractivity contribution in [2.45, 2.75) is 4.90 Å². The van der Waals surface area contributed by atoms with Crippen LogP contribution in [0, 0.1) is 0 Å². The fourth-order valence-corrected chi connectivity index (χ4v) is 3.91. The van der Waals surface area contributed by atoms with Gasteiger partial charge in [-0.05, 0) is 33.2 Å². The quantitative estimate of drug-likeness (QED) is 0.485. The molecule has 0 atom stereocenters. The average molecular weight is 371 g/mol. The molecule has 126 valence electrons. The zero-order chi connectivity index (χ0) is 16.7. The van der Waals surface area contributed by atoms with Gasteiger partial charge in [-0.25, -0.2) is 0 Å². The van der Waals surface area contributed by atoms with Crippen LogP contribution >= 0.6 is 12.4 Å². The van der Waals surface area contributed by atoms with Crippen molar-refractivity contribution in [3.8, 4) is 11.1 Å². The van der Waals surface area contributed by atoms with Crippen LogP contribution in [0.5, 0.6) is 0 Å². The Morgan fingerprint density at radius 1 is 0.640 bits per heavy atom. The minimum Gasteiger partial charge on any atom is -0.282 e. The Morgan fingerprint density at radius 2 is 1.20 bits per heavy atom. The highest BCUT2D eigenvalue weighted by molar-refractivity contribution is 7.86. The van der Waals surface area contributed by atoms with Crippen LogP contribution in [0.25, 0.3) is 32.7 Å². The van der Waals surface area contributed by atoms with E-state index in [-0.39, 0.29) is 17.3 Å². The maximum atomic E-state index is 12.0. The third kappa shape index (κ3) is 3.00. The van der Waals surface area contributed by atoms with Crippen LogP contribution in [-0.4, -0.2) is 13.0 Å². The lowest BCUT2D eigenvalue weighted by atomic mass is 9.94. The van der Waals surface area contributed by atoms with Crippen molar-refractivity contribution in [2.75, 3.05) is 0 Å². The maximum Gasteiger partial charge on any atom is 0.295 e. The molecule has 4 aromatic carbocycles. The number of fused-ring (bicyclic) bond motifs is 2. The molecule has 3 nitrogen and oxygen atoms in total. The molecule has 0 aliphatic carbocycles. The second-order valence-corrected chi connectivity index (χ2v) is 7.05. The molecule has 0 aliphatic rings. The van der Waals surface area contributed by atoms with Crippen molar-refractivity contribution in [2.24, 2.45) is 0 Å². The Balaban J connectivity index is 0.00000182. The lowest BCUT2D eigenvalue weighted by Gasteiger charge is -2.14. The van der Waals surface area contributed by atoms with E-state index in [0.717, 1.165) is 27.1 Å². The van der Waals surface area contributed by atoms with Gasteiger partial charge in [-0.1, -0.05) is 72.8 Å². The predicted octanol–water partition coefficient (Wildman–Crippen LogP) is 5.33. The predicted molar refractivity (Wildman–Crippen MR) is 104 cm³/mol. The van der Waals surface area contributed by atoms with Crippen LogP contribution < -0.4 is 0 Å². The average Bonchev–Trinajstić information content (AvgIpc) is 2.59. The Kier molecular flexibility index (Phi) is 4.52. The highest BCUT2D eigenvalue weighted by Crippen LogP contribution is 2.38. The summed E-state index contributed by atoms with van der Waals surface area (Å²) in [6.45, 7) is 0. The lowest BCUT2D eigenvalue weighted by Crippen LogP contribution is -2.01. The molecule has 1 N–H and O–H groups in total. The van der Waals surface area contributed by atoms with Gasteiger partial charge in [-0.2, -0.15) is 8.42 Å². The van der Waals surface area contributed by atoms with Gasteiger partial charge >= 0.3 is 0 Å². The summed E-state index contributed by atoms with van der Waals surface area (Å²) in [5.41, 5.74) is 1.32.